The van der Waals surface area contributed by atoms with E-state index in [1.165, 1.54) is 18.2 Å². The summed E-state index contributed by atoms with van der Waals surface area (Å²) in [6.07, 6.45) is 8.45. The first kappa shape index (κ1) is 16.3. The Morgan fingerprint density at radius 2 is 2.09 bits per heavy atom. The fraction of sp³-hybridized carbons (Fsp3) is 0.733. The molecule has 8 heteroatoms. The van der Waals surface area contributed by atoms with Crippen molar-refractivity contribution in [1.82, 2.24) is 25.4 Å². The van der Waals surface area contributed by atoms with E-state index in [0.29, 0.717) is 12.0 Å². The standard InChI is InChI=1S/C15H23N5O2S/c1-10-4-2-3-5-12(10)17-14(22)18-13(21)8-23-15-19-16-9-20(15)11-6-7-11/h9-12H,2-8H2,1H3,(H2,17,18,21,22). The van der Waals surface area contributed by atoms with E-state index in [1.807, 2.05) is 4.57 Å². The smallest absolute Gasteiger partial charge is 0.321 e. The van der Waals surface area contributed by atoms with Crippen LogP contribution < -0.4 is 10.6 Å². The Hall–Kier alpha value is -1.57. The maximum atomic E-state index is 11.9. The second-order valence-electron chi connectivity index (χ2n) is 6.43. The highest BCUT2D eigenvalue weighted by Crippen LogP contribution is 2.37. The van der Waals surface area contributed by atoms with E-state index in [1.54, 1.807) is 6.33 Å². The van der Waals surface area contributed by atoms with Gasteiger partial charge in [-0.1, -0.05) is 31.5 Å². The van der Waals surface area contributed by atoms with Gasteiger partial charge in [0, 0.05) is 12.1 Å². The number of nitrogens with zero attached hydrogens (tertiary/aromatic N) is 3. The molecule has 0 radical (unpaired) electrons. The third-order valence-electron chi connectivity index (χ3n) is 4.49. The van der Waals surface area contributed by atoms with E-state index in [9.17, 15) is 9.59 Å². The Balaban J connectivity index is 1.41. The molecule has 0 bridgehead atoms. The lowest BCUT2D eigenvalue weighted by molar-refractivity contribution is -0.117. The van der Waals surface area contributed by atoms with Crippen LogP contribution in [0.25, 0.3) is 0 Å². The van der Waals surface area contributed by atoms with E-state index in [-0.39, 0.29) is 17.7 Å². The van der Waals surface area contributed by atoms with E-state index in [2.05, 4.69) is 27.8 Å². The van der Waals surface area contributed by atoms with Gasteiger partial charge in [-0.3, -0.25) is 10.1 Å². The van der Waals surface area contributed by atoms with Crippen LogP contribution in [0.2, 0.25) is 0 Å². The van der Waals surface area contributed by atoms with E-state index >= 15 is 0 Å². The molecule has 2 atom stereocenters. The zero-order chi connectivity index (χ0) is 16.2. The van der Waals surface area contributed by atoms with Crippen molar-refractivity contribution < 1.29 is 9.59 Å². The molecule has 1 aromatic rings. The molecule has 3 amide bonds. The largest absolute Gasteiger partial charge is 0.335 e. The van der Waals surface area contributed by atoms with Crippen molar-refractivity contribution in [2.24, 2.45) is 5.92 Å². The first-order valence-electron chi connectivity index (χ1n) is 8.26. The van der Waals surface area contributed by atoms with Crippen LogP contribution in [-0.2, 0) is 4.79 Å². The highest BCUT2D eigenvalue weighted by atomic mass is 32.2. The van der Waals surface area contributed by atoms with Crippen molar-refractivity contribution >= 4 is 23.7 Å². The van der Waals surface area contributed by atoms with Gasteiger partial charge in [-0.25, -0.2) is 4.79 Å². The fourth-order valence-electron chi connectivity index (χ4n) is 2.97. The lowest BCUT2D eigenvalue weighted by atomic mass is 9.86. The SMILES string of the molecule is CC1CCCCC1NC(=O)NC(=O)CSc1nncn1C1CC1. The van der Waals surface area contributed by atoms with Crippen LogP contribution in [0, 0.1) is 5.92 Å². The Morgan fingerprint density at radius 3 is 2.83 bits per heavy atom. The van der Waals surface area contributed by atoms with Crippen molar-refractivity contribution in [2.75, 3.05) is 5.75 Å². The van der Waals surface area contributed by atoms with Gasteiger partial charge in [-0.15, -0.1) is 10.2 Å². The van der Waals surface area contributed by atoms with E-state index in [4.69, 9.17) is 0 Å². The molecule has 2 N–H and O–H groups in total. The van der Waals surface area contributed by atoms with Crippen molar-refractivity contribution in [1.29, 1.82) is 0 Å². The topological polar surface area (TPSA) is 88.9 Å². The van der Waals surface area contributed by atoms with Gasteiger partial charge in [0.2, 0.25) is 5.91 Å². The van der Waals surface area contributed by atoms with Crippen molar-refractivity contribution in [2.45, 2.75) is 62.7 Å². The Morgan fingerprint density at radius 1 is 1.30 bits per heavy atom. The Bertz CT molecular complexity index is 572. The maximum Gasteiger partial charge on any atom is 0.321 e. The minimum absolute atomic E-state index is 0.166. The normalized spacial score (nSPS) is 24.2. The minimum atomic E-state index is -0.391. The van der Waals surface area contributed by atoms with Crippen LogP contribution in [0.4, 0.5) is 4.79 Å². The van der Waals surface area contributed by atoms with Gasteiger partial charge in [-0.05, 0) is 31.6 Å². The molecule has 3 rings (SSSR count). The summed E-state index contributed by atoms with van der Waals surface area (Å²) < 4.78 is 2.00. The van der Waals surface area contributed by atoms with Crippen molar-refractivity contribution in [3.05, 3.63) is 6.33 Å². The van der Waals surface area contributed by atoms with Crippen molar-refractivity contribution in [3.63, 3.8) is 0 Å². The second kappa shape index (κ2) is 7.33. The van der Waals surface area contributed by atoms with Crippen LogP contribution in [0.3, 0.4) is 0 Å². The average Bonchev–Trinajstić information content (AvgIpc) is 3.26. The highest BCUT2D eigenvalue weighted by Gasteiger charge is 2.27. The predicted octanol–water partition coefficient (Wildman–Crippen LogP) is 2.11. The summed E-state index contributed by atoms with van der Waals surface area (Å²) in [6.45, 7) is 2.15. The molecule has 7 nitrogen and oxygen atoms in total. The number of hydrogen-bond donors (Lipinski definition) is 2. The number of carbonyl (C=O) groups is 2. The number of aromatic nitrogens is 3. The predicted molar refractivity (Wildman–Crippen MR) is 87.1 cm³/mol. The number of urea groups is 1. The first-order chi connectivity index (χ1) is 11.1. The fourth-order valence-corrected chi connectivity index (χ4v) is 3.75. The van der Waals surface area contributed by atoms with Gasteiger partial charge in [0.15, 0.2) is 5.16 Å². The molecule has 2 fully saturated rings. The number of nitrogens with one attached hydrogen (secondary N) is 2. The highest BCUT2D eigenvalue weighted by molar-refractivity contribution is 7.99. The second-order valence-corrected chi connectivity index (χ2v) is 7.37. The maximum absolute atomic E-state index is 11.9. The van der Waals surface area contributed by atoms with Crippen molar-refractivity contribution in [3.8, 4) is 0 Å². The molecule has 0 aliphatic heterocycles. The third-order valence-corrected chi connectivity index (χ3v) is 5.45. The van der Waals surface area contributed by atoms with E-state index < -0.39 is 6.03 Å². The summed E-state index contributed by atoms with van der Waals surface area (Å²) in [7, 11) is 0. The summed E-state index contributed by atoms with van der Waals surface area (Å²) in [4.78, 5) is 23.8. The molecule has 0 spiro atoms. The van der Waals surface area contributed by atoms with Gasteiger partial charge >= 0.3 is 6.03 Å². The van der Waals surface area contributed by atoms with Crippen LogP contribution >= 0.6 is 11.8 Å². The summed E-state index contributed by atoms with van der Waals surface area (Å²) in [6, 6.07) is 0.256. The molecule has 23 heavy (non-hydrogen) atoms. The quantitative estimate of drug-likeness (QED) is 0.803. The lowest BCUT2D eigenvalue weighted by Gasteiger charge is -2.29. The summed E-state index contributed by atoms with van der Waals surface area (Å²) in [5, 5.41) is 14.0. The number of thioether (sulfide) groups is 1. The molecule has 2 saturated carbocycles. The molecule has 2 aliphatic carbocycles. The van der Waals surface area contributed by atoms with Gasteiger partial charge in [0.1, 0.15) is 6.33 Å². The number of carbonyl (C=O) groups excluding carboxylic acids is 2. The lowest BCUT2D eigenvalue weighted by Crippen LogP contribution is -2.48. The molecule has 2 unspecified atom stereocenters. The molecule has 126 valence electrons. The zero-order valence-corrected chi connectivity index (χ0v) is 14.1. The minimum Gasteiger partial charge on any atom is -0.335 e. The number of amides is 3. The third kappa shape index (κ3) is 4.46. The molecule has 0 saturated heterocycles. The molecular formula is C15H23N5O2S. The molecule has 1 aromatic heterocycles. The molecule has 0 aromatic carbocycles. The van der Waals surface area contributed by atoms with Gasteiger partial charge < -0.3 is 9.88 Å². The Labute approximate surface area is 140 Å². The van der Waals surface area contributed by atoms with Crippen LogP contribution in [-0.4, -0.2) is 38.5 Å². The van der Waals surface area contributed by atoms with Crippen LogP contribution in [0.15, 0.2) is 11.5 Å². The van der Waals surface area contributed by atoms with Crippen LogP contribution in [0.1, 0.15) is 51.5 Å². The van der Waals surface area contributed by atoms with E-state index in [0.717, 1.165) is 37.3 Å². The number of imide groups is 1. The Kier molecular flexibility index (Phi) is 5.20. The first-order valence-corrected chi connectivity index (χ1v) is 9.24. The van der Waals surface area contributed by atoms with Gasteiger partial charge in [-0.2, -0.15) is 0 Å². The average molecular weight is 337 g/mol. The van der Waals surface area contributed by atoms with Gasteiger partial charge in [0.25, 0.3) is 0 Å². The summed E-state index contributed by atoms with van der Waals surface area (Å²) >= 11 is 1.32. The monoisotopic (exact) mass is 337 g/mol. The molecule has 2 aliphatic rings. The number of hydrogen-bond acceptors (Lipinski definition) is 5. The van der Waals surface area contributed by atoms with Crippen LogP contribution in [0.5, 0.6) is 0 Å². The van der Waals surface area contributed by atoms with Gasteiger partial charge in [0.05, 0.1) is 5.75 Å². The molecule has 1 heterocycles. The molecular weight excluding hydrogens is 314 g/mol. The zero-order valence-electron chi connectivity index (χ0n) is 13.3. The number of rotatable bonds is 5. The summed E-state index contributed by atoms with van der Waals surface area (Å²) in [5.41, 5.74) is 0. The summed E-state index contributed by atoms with van der Waals surface area (Å²) in [5.74, 6) is 0.330.